The van der Waals surface area contributed by atoms with Crippen LogP contribution in [0.4, 0.5) is 0 Å². The lowest BCUT2D eigenvalue weighted by atomic mass is 10.2. The van der Waals surface area contributed by atoms with Crippen molar-refractivity contribution in [3.05, 3.63) is 23.8 Å². The van der Waals surface area contributed by atoms with Gasteiger partial charge in [0.1, 0.15) is 0 Å². The maximum absolute atomic E-state index is 11.7. The topological polar surface area (TPSA) is 81.9 Å². The molecule has 2 N–H and O–H groups in total. The van der Waals surface area contributed by atoms with Gasteiger partial charge in [0.15, 0.2) is 11.5 Å². The lowest BCUT2D eigenvalue weighted by Crippen LogP contribution is -2.34. The van der Waals surface area contributed by atoms with Crippen LogP contribution in [0.5, 0.6) is 11.5 Å². The summed E-state index contributed by atoms with van der Waals surface area (Å²) in [4.78, 5) is 24.5. The predicted molar refractivity (Wildman–Crippen MR) is 60.7 cm³/mol. The van der Waals surface area contributed by atoms with Crippen molar-refractivity contribution >= 4 is 11.8 Å². The Morgan fingerprint density at radius 3 is 2.78 bits per heavy atom. The van der Waals surface area contributed by atoms with Crippen molar-refractivity contribution in [2.24, 2.45) is 5.73 Å². The molecule has 1 aromatic rings. The van der Waals surface area contributed by atoms with E-state index < -0.39 is 6.04 Å². The van der Waals surface area contributed by atoms with Gasteiger partial charge in [-0.05, 0) is 17.7 Å². The van der Waals surface area contributed by atoms with Gasteiger partial charge in [0.05, 0.1) is 19.0 Å². The molecule has 18 heavy (non-hydrogen) atoms. The van der Waals surface area contributed by atoms with E-state index in [0.29, 0.717) is 11.5 Å². The summed E-state index contributed by atoms with van der Waals surface area (Å²) >= 11 is 0. The number of benzene rings is 1. The van der Waals surface area contributed by atoms with Gasteiger partial charge in [-0.15, -0.1) is 0 Å². The minimum atomic E-state index is -0.702. The van der Waals surface area contributed by atoms with Gasteiger partial charge in [-0.3, -0.25) is 14.5 Å². The highest BCUT2D eigenvalue weighted by molar-refractivity contribution is 6.05. The summed E-state index contributed by atoms with van der Waals surface area (Å²) in [7, 11) is 0. The molecule has 2 heterocycles. The van der Waals surface area contributed by atoms with E-state index in [0.717, 1.165) is 5.56 Å². The zero-order chi connectivity index (χ0) is 12.7. The van der Waals surface area contributed by atoms with Crippen LogP contribution in [0, 0.1) is 0 Å². The third kappa shape index (κ3) is 1.70. The Morgan fingerprint density at radius 2 is 2.06 bits per heavy atom. The van der Waals surface area contributed by atoms with Crippen molar-refractivity contribution in [3.8, 4) is 11.5 Å². The SMILES string of the molecule is N[C@H]1CC(=O)N(Cc2ccc3c(c2)OCO3)C1=O. The number of amides is 2. The van der Waals surface area contributed by atoms with Gasteiger partial charge >= 0.3 is 0 Å². The van der Waals surface area contributed by atoms with Crippen molar-refractivity contribution < 1.29 is 19.1 Å². The van der Waals surface area contributed by atoms with Gasteiger partial charge in [-0.1, -0.05) is 6.07 Å². The molecular formula is C12H12N2O4. The van der Waals surface area contributed by atoms with Gasteiger partial charge in [0.2, 0.25) is 18.6 Å². The Bertz CT molecular complexity index is 529. The van der Waals surface area contributed by atoms with E-state index in [9.17, 15) is 9.59 Å². The van der Waals surface area contributed by atoms with Crippen LogP contribution < -0.4 is 15.2 Å². The number of rotatable bonds is 2. The van der Waals surface area contributed by atoms with Crippen LogP contribution in [0.2, 0.25) is 0 Å². The normalized spacial score (nSPS) is 21.8. The third-order valence-corrected chi connectivity index (χ3v) is 3.06. The number of carbonyl (C=O) groups excluding carboxylic acids is 2. The second-order valence-corrected chi connectivity index (χ2v) is 4.32. The molecule has 0 radical (unpaired) electrons. The molecule has 6 nitrogen and oxygen atoms in total. The zero-order valence-electron chi connectivity index (χ0n) is 9.59. The van der Waals surface area contributed by atoms with Crippen LogP contribution in [0.3, 0.4) is 0 Å². The Hall–Kier alpha value is -2.08. The predicted octanol–water partition coefficient (Wildman–Crippen LogP) is 0.00150. The molecule has 0 saturated carbocycles. The first kappa shape index (κ1) is 11.0. The first-order chi connectivity index (χ1) is 8.65. The van der Waals surface area contributed by atoms with Crippen LogP contribution in [-0.4, -0.2) is 29.5 Å². The largest absolute Gasteiger partial charge is 0.454 e. The van der Waals surface area contributed by atoms with Crippen LogP contribution in [0.15, 0.2) is 18.2 Å². The Morgan fingerprint density at radius 1 is 1.28 bits per heavy atom. The molecule has 0 aliphatic carbocycles. The fourth-order valence-corrected chi connectivity index (χ4v) is 2.10. The fraction of sp³-hybridized carbons (Fsp3) is 0.333. The highest BCUT2D eigenvalue weighted by Crippen LogP contribution is 2.33. The number of likely N-dealkylation sites (tertiary alicyclic amines) is 1. The summed E-state index contributed by atoms with van der Waals surface area (Å²) in [5.41, 5.74) is 6.36. The summed E-state index contributed by atoms with van der Waals surface area (Å²) in [5, 5.41) is 0. The molecule has 2 aliphatic rings. The lowest BCUT2D eigenvalue weighted by molar-refractivity contribution is -0.139. The Kier molecular flexibility index (Phi) is 2.45. The zero-order valence-corrected chi connectivity index (χ0v) is 9.59. The number of imide groups is 1. The summed E-state index contributed by atoms with van der Waals surface area (Å²) in [5.74, 6) is 0.758. The molecule has 0 aromatic heterocycles. The maximum Gasteiger partial charge on any atom is 0.246 e. The summed E-state index contributed by atoms with van der Waals surface area (Å²) in [6.07, 6.45) is 0.0867. The van der Waals surface area contributed by atoms with Gasteiger partial charge < -0.3 is 15.2 Å². The molecule has 3 rings (SSSR count). The van der Waals surface area contributed by atoms with E-state index in [1.807, 2.05) is 0 Å². The molecule has 1 fully saturated rings. The van der Waals surface area contributed by atoms with Crippen LogP contribution in [-0.2, 0) is 16.1 Å². The fourth-order valence-electron chi connectivity index (χ4n) is 2.10. The molecule has 1 aromatic carbocycles. The van der Waals surface area contributed by atoms with E-state index in [1.165, 1.54) is 4.90 Å². The average Bonchev–Trinajstić information content (AvgIpc) is 2.89. The average molecular weight is 248 g/mol. The highest BCUT2D eigenvalue weighted by Gasteiger charge is 2.36. The van der Waals surface area contributed by atoms with E-state index in [-0.39, 0.29) is 31.6 Å². The van der Waals surface area contributed by atoms with E-state index in [2.05, 4.69) is 0 Å². The quantitative estimate of drug-likeness (QED) is 0.745. The minimum Gasteiger partial charge on any atom is -0.454 e. The molecule has 94 valence electrons. The number of nitrogens with zero attached hydrogens (tertiary/aromatic N) is 1. The molecule has 0 bridgehead atoms. The number of fused-ring (bicyclic) bond motifs is 1. The summed E-state index contributed by atoms with van der Waals surface area (Å²) in [6.45, 7) is 0.424. The van der Waals surface area contributed by atoms with Crippen molar-refractivity contribution in [1.82, 2.24) is 4.90 Å². The van der Waals surface area contributed by atoms with Crippen molar-refractivity contribution in [3.63, 3.8) is 0 Å². The number of carbonyl (C=O) groups is 2. The summed E-state index contributed by atoms with van der Waals surface area (Å²) < 4.78 is 10.4. The van der Waals surface area contributed by atoms with E-state index in [1.54, 1.807) is 18.2 Å². The number of hydrogen-bond acceptors (Lipinski definition) is 5. The number of hydrogen-bond donors (Lipinski definition) is 1. The Labute approximate surface area is 103 Å². The minimum absolute atomic E-state index is 0.0867. The number of nitrogens with two attached hydrogens (primary N) is 1. The van der Waals surface area contributed by atoms with Gasteiger partial charge in [0, 0.05) is 0 Å². The molecule has 1 atom stereocenters. The van der Waals surface area contributed by atoms with Crippen LogP contribution >= 0.6 is 0 Å². The molecule has 6 heteroatoms. The molecular weight excluding hydrogens is 236 g/mol. The second-order valence-electron chi connectivity index (χ2n) is 4.32. The number of ether oxygens (including phenoxy) is 2. The summed E-state index contributed by atoms with van der Waals surface area (Å²) in [6, 6.07) is 4.64. The van der Waals surface area contributed by atoms with Gasteiger partial charge in [0.25, 0.3) is 0 Å². The van der Waals surface area contributed by atoms with Crippen molar-refractivity contribution in [2.75, 3.05) is 6.79 Å². The van der Waals surface area contributed by atoms with E-state index >= 15 is 0 Å². The smallest absolute Gasteiger partial charge is 0.246 e. The van der Waals surface area contributed by atoms with Crippen molar-refractivity contribution in [1.29, 1.82) is 0 Å². The molecule has 1 saturated heterocycles. The second kappa shape index (κ2) is 3.99. The third-order valence-electron chi connectivity index (χ3n) is 3.06. The standard InChI is InChI=1S/C12H12N2O4/c13-8-4-11(15)14(12(8)16)5-7-1-2-9-10(3-7)18-6-17-9/h1-3,8H,4-6,13H2/t8-/m0/s1. The highest BCUT2D eigenvalue weighted by atomic mass is 16.7. The maximum atomic E-state index is 11.7. The van der Waals surface area contributed by atoms with Crippen molar-refractivity contribution in [2.45, 2.75) is 19.0 Å². The molecule has 2 aliphatic heterocycles. The van der Waals surface area contributed by atoms with Crippen LogP contribution in [0.1, 0.15) is 12.0 Å². The molecule has 0 unspecified atom stereocenters. The lowest BCUT2D eigenvalue weighted by Gasteiger charge is -2.14. The monoisotopic (exact) mass is 248 g/mol. The first-order valence-corrected chi connectivity index (χ1v) is 5.63. The first-order valence-electron chi connectivity index (χ1n) is 5.63. The van der Waals surface area contributed by atoms with Crippen LogP contribution in [0.25, 0.3) is 0 Å². The molecule has 0 spiro atoms. The van der Waals surface area contributed by atoms with Gasteiger partial charge in [-0.2, -0.15) is 0 Å². The van der Waals surface area contributed by atoms with E-state index in [4.69, 9.17) is 15.2 Å². The Balaban J connectivity index is 1.81. The van der Waals surface area contributed by atoms with Gasteiger partial charge in [-0.25, -0.2) is 0 Å². The molecule has 2 amide bonds.